The minimum absolute atomic E-state index is 0.0840. The number of rotatable bonds is 7. The van der Waals surface area contributed by atoms with Crippen LogP contribution in [-0.4, -0.2) is 47.2 Å². The van der Waals surface area contributed by atoms with Crippen molar-refractivity contribution < 1.29 is 19.4 Å². The Bertz CT molecular complexity index is 317. The Hall–Kier alpha value is -1.10. The van der Waals surface area contributed by atoms with E-state index in [1.165, 1.54) is 4.90 Å². The van der Waals surface area contributed by atoms with Gasteiger partial charge in [0.2, 0.25) is 5.91 Å². The summed E-state index contributed by atoms with van der Waals surface area (Å²) >= 11 is 0. The molecule has 5 heteroatoms. The number of carbonyl (C=O) groups is 2. The van der Waals surface area contributed by atoms with Crippen molar-refractivity contribution in [3.05, 3.63) is 0 Å². The van der Waals surface area contributed by atoms with Crippen LogP contribution in [0.2, 0.25) is 0 Å². The zero-order valence-electron chi connectivity index (χ0n) is 12.1. The molecule has 2 unspecified atom stereocenters. The number of hydrogen-bond donors (Lipinski definition) is 1. The van der Waals surface area contributed by atoms with E-state index in [9.17, 15) is 9.59 Å². The Balaban J connectivity index is 2.40. The Kier molecular flexibility index (Phi) is 6.28. The molecule has 0 spiro atoms. The topological polar surface area (TPSA) is 66.8 Å². The first-order valence-electron chi connectivity index (χ1n) is 7.03. The van der Waals surface area contributed by atoms with Crippen LogP contribution < -0.4 is 0 Å². The monoisotopic (exact) mass is 271 g/mol. The lowest BCUT2D eigenvalue weighted by Crippen LogP contribution is -2.38. The van der Waals surface area contributed by atoms with Gasteiger partial charge in [-0.25, -0.2) is 0 Å². The maximum Gasteiger partial charge on any atom is 0.323 e. The predicted molar refractivity (Wildman–Crippen MR) is 71.9 cm³/mol. The summed E-state index contributed by atoms with van der Waals surface area (Å²) in [5, 5.41) is 8.84. The second-order valence-corrected chi connectivity index (χ2v) is 5.75. The van der Waals surface area contributed by atoms with E-state index in [2.05, 4.69) is 0 Å². The number of ether oxygens (including phenoxy) is 1. The SMILES string of the molecule is CC(C)CN(CC(=O)O)C(=O)CCC1CCC(C)O1. The van der Waals surface area contributed by atoms with Gasteiger partial charge in [-0.2, -0.15) is 0 Å². The number of carbonyl (C=O) groups excluding carboxylic acids is 1. The number of amides is 1. The molecule has 110 valence electrons. The van der Waals surface area contributed by atoms with Crippen LogP contribution in [-0.2, 0) is 14.3 Å². The molecule has 5 nitrogen and oxygen atoms in total. The molecule has 1 amide bonds. The van der Waals surface area contributed by atoms with Crippen molar-refractivity contribution in [2.45, 2.75) is 58.7 Å². The fourth-order valence-corrected chi connectivity index (χ4v) is 2.40. The zero-order valence-corrected chi connectivity index (χ0v) is 12.1. The zero-order chi connectivity index (χ0) is 14.4. The molecule has 2 atom stereocenters. The van der Waals surface area contributed by atoms with Crippen LogP contribution in [0.5, 0.6) is 0 Å². The molecule has 1 rings (SSSR count). The number of aliphatic carboxylic acids is 1. The van der Waals surface area contributed by atoms with E-state index in [0.717, 1.165) is 12.8 Å². The Morgan fingerprint density at radius 3 is 2.53 bits per heavy atom. The summed E-state index contributed by atoms with van der Waals surface area (Å²) in [5.74, 6) is -0.773. The van der Waals surface area contributed by atoms with Crippen molar-refractivity contribution in [2.75, 3.05) is 13.1 Å². The highest BCUT2D eigenvalue weighted by atomic mass is 16.5. The molecule has 0 aromatic rings. The van der Waals surface area contributed by atoms with Gasteiger partial charge in [0.1, 0.15) is 6.54 Å². The standard InChI is InChI=1S/C14H25NO4/c1-10(2)8-15(9-14(17)18)13(16)7-6-12-5-4-11(3)19-12/h10-12H,4-9H2,1-3H3,(H,17,18). The highest BCUT2D eigenvalue weighted by Gasteiger charge is 2.24. The molecule has 0 bridgehead atoms. The van der Waals surface area contributed by atoms with E-state index in [1.807, 2.05) is 20.8 Å². The minimum atomic E-state index is -0.959. The first-order chi connectivity index (χ1) is 8.88. The molecule has 0 aliphatic carbocycles. The highest BCUT2D eigenvalue weighted by molar-refractivity contribution is 5.81. The van der Waals surface area contributed by atoms with E-state index in [1.54, 1.807) is 0 Å². The van der Waals surface area contributed by atoms with Gasteiger partial charge in [-0.05, 0) is 32.1 Å². The molecule has 0 saturated carbocycles. The first kappa shape index (κ1) is 16.0. The van der Waals surface area contributed by atoms with E-state index in [-0.39, 0.29) is 30.6 Å². The molecule has 1 aliphatic rings. The predicted octanol–water partition coefficient (Wildman–Crippen LogP) is 1.90. The lowest BCUT2D eigenvalue weighted by molar-refractivity contribution is -0.145. The average molecular weight is 271 g/mol. The maximum atomic E-state index is 12.1. The summed E-state index contributed by atoms with van der Waals surface area (Å²) in [6, 6.07) is 0. The first-order valence-corrected chi connectivity index (χ1v) is 7.03. The van der Waals surface area contributed by atoms with Gasteiger partial charge in [0.05, 0.1) is 12.2 Å². The molecular formula is C14H25NO4. The summed E-state index contributed by atoms with van der Waals surface area (Å²) < 4.78 is 5.67. The molecule has 1 saturated heterocycles. The van der Waals surface area contributed by atoms with Crippen LogP contribution in [0.3, 0.4) is 0 Å². The van der Waals surface area contributed by atoms with E-state index < -0.39 is 5.97 Å². The van der Waals surface area contributed by atoms with Crippen LogP contribution in [0.15, 0.2) is 0 Å². The second-order valence-electron chi connectivity index (χ2n) is 5.75. The summed E-state index contributed by atoms with van der Waals surface area (Å²) in [6.45, 7) is 6.27. The number of hydrogen-bond acceptors (Lipinski definition) is 3. The number of nitrogens with zero attached hydrogens (tertiary/aromatic N) is 1. The van der Waals surface area contributed by atoms with Crippen LogP contribution >= 0.6 is 0 Å². The molecule has 1 N–H and O–H groups in total. The molecule has 1 fully saturated rings. The van der Waals surface area contributed by atoms with E-state index in [4.69, 9.17) is 9.84 Å². The molecule has 0 aromatic carbocycles. The van der Waals surface area contributed by atoms with Gasteiger partial charge in [-0.15, -0.1) is 0 Å². The van der Waals surface area contributed by atoms with Gasteiger partial charge >= 0.3 is 5.97 Å². The molecule has 0 aromatic heterocycles. The van der Waals surface area contributed by atoms with Gasteiger partial charge in [0.25, 0.3) is 0 Å². The average Bonchev–Trinajstić information content (AvgIpc) is 2.70. The molecular weight excluding hydrogens is 246 g/mol. The Morgan fingerprint density at radius 1 is 1.37 bits per heavy atom. The van der Waals surface area contributed by atoms with Crippen LogP contribution in [0.1, 0.15) is 46.5 Å². The molecule has 1 heterocycles. The largest absolute Gasteiger partial charge is 0.480 e. The molecule has 1 aliphatic heterocycles. The van der Waals surface area contributed by atoms with Gasteiger partial charge in [-0.1, -0.05) is 13.8 Å². The van der Waals surface area contributed by atoms with Crippen LogP contribution in [0.25, 0.3) is 0 Å². The number of carboxylic acid groups (broad SMARTS) is 1. The Labute approximate surface area is 114 Å². The number of carboxylic acids is 1. The van der Waals surface area contributed by atoms with Crippen LogP contribution in [0.4, 0.5) is 0 Å². The van der Waals surface area contributed by atoms with Gasteiger partial charge in [-0.3, -0.25) is 9.59 Å². The minimum Gasteiger partial charge on any atom is -0.480 e. The smallest absolute Gasteiger partial charge is 0.323 e. The summed E-state index contributed by atoms with van der Waals surface area (Å²) in [4.78, 5) is 24.3. The second kappa shape index (κ2) is 7.48. The van der Waals surface area contributed by atoms with E-state index >= 15 is 0 Å². The summed E-state index contributed by atoms with van der Waals surface area (Å²) in [5.41, 5.74) is 0. The third kappa shape index (κ3) is 6.05. The summed E-state index contributed by atoms with van der Waals surface area (Å²) in [6.07, 6.45) is 3.55. The van der Waals surface area contributed by atoms with Gasteiger partial charge < -0.3 is 14.7 Å². The summed E-state index contributed by atoms with van der Waals surface area (Å²) in [7, 11) is 0. The quantitative estimate of drug-likeness (QED) is 0.768. The fraction of sp³-hybridized carbons (Fsp3) is 0.857. The molecule has 19 heavy (non-hydrogen) atoms. The maximum absolute atomic E-state index is 12.1. The highest BCUT2D eigenvalue weighted by Crippen LogP contribution is 2.22. The lowest BCUT2D eigenvalue weighted by Gasteiger charge is -2.23. The third-order valence-corrected chi connectivity index (χ3v) is 3.26. The van der Waals surface area contributed by atoms with Crippen molar-refractivity contribution >= 4 is 11.9 Å². The molecule has 0 radical (unpaired) electrons. The lowest BCUT2D eigenvalue weighted by atomic mass is 10.1. The van der Waals surface area contributed by atoms with Crippen molar-refractivity contribution in [3.8, 4) is 0 Å². The van der Waals surface area contributed by atoms with Crippen molar-refractivity contribution in [1.29, 1.82) is 0 Å². The Morgan fingerprint density at radius 2 is 2.05 bits per heavy atom. The fourth-order valence-electron chi connectivity index (χ4n) is 2.40. The third-order valence-electron chi connectivity index (χ3n) is 3.26. The van der Waals surface area contributed by atoms with Crippen molar-refractivity contribution in [3.63, 3.8) is 0 Å². The van der Waals surface area contributed by atoms with Crippen LogP contribution in [0, 0.1) is 5.92 Å². The van der Waals surface area contributed by atoms with Crippen molar-refractivity contribution in [2.24, 2.45) is 5.92 Å². The normalized spacial score (nSPS) is 22.7. The van der Waals surface area contributed by atoms with Gasteiger partial charge in [0, 0.05) is 13.0 Å². The van der Waals surface area contributed by atoms with Gasteiger partial charge in [0.15, 0.2) is 0 Å². The van der Waals surface area contributed by atoms with E-state index in [0.29, 0.717) is 19.4 Å². The van der Waals surface area contributed by atoms with Crippen molar-refractivity contribution in [1.82, 2.24) is 4.90 Å².